The van der Waals surface area contributed by atoms with Crippen LogP contribution in [0.4, 0.5) is 4.39 Å². The van der Waals surface area contributed by atoms with Gasteiger partial charge < -0.3 is 5.73 Å². The zero-order chi connectivity index (χ0) is 12.6. The van der Waals surface area contributed by atoms with Crippen molar-refractivity contribution in [3.8, 4) is 0 Å². The van der Waals surface area contributed by atoms with E-state index in [4.69, 9.17) is 5.73 Å². The minimum atomic E-state index is -0.232. The molecule has 0 saturated carbocycles. The molecule has 2 rings (SSSR count). The number of benzene rings is 1. The highest BCUT2D eigenvalue weighted by Gasteiger charge is 2.22. The number of aromatic nitrogens is 1. The lowest BCUT2D eigenvalue weighted by atomic mass is 9.86. The van der Waals surface area contributed by atoms with E-state index in [1.165, 1.54) is 12.1 Å². The molecule has 90 valence electrons. The molecule has 17 heavy (non-hydrogen) atoms. The molecule has 0 unspecified atom stereocenters. The summed E-state index contributed by atoms with van der Waals surface area (Å²) in [6, 6.07) is 6.62. The van der Waals surface area contributed by atoms with Gasteiger partial charge in [0.2, 0.25) is 0 Å². The van der Waals surface area contributed by atoms with Gasteiger partial charge >= 0.3 is 0 Å². The van der Waals surface area contributed by atoms with Gasteiger partial charge in [-0.2, -0.15) is 0 Å². The average Bonchev–Trinajstić information content (AvgIpc) is 2.27. The Kier molecular flexibility index (Phi) is 2.87. The number of halogens is 1. The van der Waals surface area contributed by atoms with Crippen LogP contribution in [0.1, 0.15) is 25.1 Å². The highest BCUT2D eigenvalue weighted by molar-refractivity contribution is 5.79. The van der Waals surface area contributed by atoms with Crippen molar-refractivity contribution in [1.29, 1.82) is 0 Å². The van der Waals surface area contributed by atoms with Crippen LogP contribution in [0.25, 0.3) is 10.9 Å². The van der Waals surface area contributed by atoms with Crippen molar-refractivity contribution in [3.05, 3.63) is 41.3 Å². The Morgan fingerprint density at radius 1 is 1.29 bits per heavy atom. The summed E-state index contributed by atoms with van der Waals surface area (Å²) >= 11 is 0. The van der Waals surface area contributed by atoms with Gasteiger partial charge in [0.1, 0.15) is 5.82 Å². The number of hydrogen-bond donors (Lipinski definition) is 1. The van der Waals surface area contributed by atoms with Crippen LogP contribution in [-0.4, -0.2) is 11.5 Å². The summed E-state index contributed by atoms with van der Waals surface area (Å²) in [5, 5.41) is 0.832. The van der Waals surface area contributed by atoms with Crippen LogP contribution in [-0.2, 0) is 5.41 Å². The SMILES string of the molecule is Cc1cc2cc(F)ccc2nc1C(C)(C)CN. The quantitative estimate of drug-likeness (QED) is 0.864. The summed E-state index contributed by atoms with van der Waals surface area (Å²) in [4.78, 5) is 4.61. The molecule has 2 nitrogen and oxygen atoms in total. The molecule has 0 aliphatic rings. The molecule has 1 aromatic carbocycles. The minimum Gasteiger partial charge on any atom is -0.330 e. The number of nitrogens with zero attached hydrogens (tertiary/aromatic N) is 1. The second-order valence-corrected chi connectivity index (χ2v) is 5.08. The Balaban J connectivity index is 2.68. The van der Waals surface area contributed by atoms with Crippen LogP contribution in [0, 0.1) is 12.7 Å². The van der Waals surface area contributed by atoms with E-state index in [2.05, 4.69) is 18.8 Å². The first-order chi connectivity index (χ1) is 7.94. The van der Waals surface area contributed by atoms with E-state index >= 15 is 0 Å². The van der Waals surface area contributed by atoms with Crippen LogP contribution >= 0.6 is 0 Å². The van der Waals surface area contributed by atoms with E-state index in [-0.39, 0.29) is 11.2 Å². The van der Waals surface area contributed by atoms with Crippen LogP contribution in [0.3, 0.4) is 0 Å². The van der Waals surface area contributed by atoms with Gasteiger partial charge in [0.05, 0.1) is 11.2 Å². The second-order valence-electron chi connectivity index (χ2n) is 5.08. The largest absolute Gasteiger partial charge is 0.330 e. The van der Waals surface area contributed by atoms with Gasteiger partial charge in [0.25, 0.3) is 0 Å². The molecule has 0 fully saturated rings. The van der Waals surface area contributed by atoms with Gasteiger partial charge in [0.15, 0.2) is 0 Å². The molecule has 3 heteroatoms. The van der Waals surface area contributed by atoms with Crippen molar-refractivity contribution in [2.75, 3.05) is 6.54 Å². The molecule has 0 spiro atoms. The molecule has 0 amide bonds. The maximum absolute atomic E-state index is 13.1. The molecule has 0 atom stereocenters. The summed E-state index contributed by atoms with van der Waals surface area (Å²) in [6.07, 6.45) is 0. The van der Waals surface area contributed by atoms with Crippen molar-refractivity contribution in [2.45, 2.75) is 26.2 Å². The van der Waals surface area contributed by atoms with Crippen LogP contribution < -0.4 is 5.73 Å². The molecule has 0 bridgehead atoms. The van der Waals surface area contributed by atoms with E-state index in [1.54, 1.807) is 6.07 Å². The third-order valence-corrected chi connectivity index (χ3v) is 3.12. The fourth-order valence-corrected chi connectivity index (χ4v) is 2.03. The Bertz CT molecular complexity index is 561. The topological polar surface area (TPSA) is 38.9 Å². The lowest BCUT2D eigenvalue weighted by Gasteiger charge is -2.24. The van der Waals surface area contributed by atoms with E-state index in [0.29, 0.717) is 6.54 Å². The first-order valence-electron chi connectivity index (χ1n) is 5.71. The number of nitrogens with two attached hydrogens (primary N) is 1. The molecule has 2 N–H and O–H groups in total. The van der Waals surface area contributed by atoms with Gasteiger partial charge in [-0.1, -0.05) is 13.8 Å². The normalized spacial score (nSPS) is 12.1. The van der Waals surface area contributed by atoms with Crippen molar-refractivity contribution in [2.24, 2.45) is 5.73 Å². The summed E-state index contributed by atoms with van der Waals surface area (Å²) in [5.41, 5.74) is 8.47. The standard InChI is InChI=1S/C14H17FN2/c1-9-6-10-7-11(15)4-5-12(10)17-13(9)14(2,3)8-16/h4-7H,8,16H2,1-3H3. The van der Waals surface area contributed by atoms with E-state index < -0.39 is 0 Å². The smallest absolute Gasteiger partial charge is 0.123 e. The molecule has 0 saturated heterocycles. The van der Waals surface area contributed by atoms with Crippen LogP contribution in [0.2, 0.25) is 0 Å². The highest BCUT2D eigenvalue weighted by Crippen LogP contribution is 2.26. The van der Waals surface area contributed by atoms with Gasteiger partial charge in [-0.15, -0.1) is 0 Å². The fraction of sp³-hybridized carbons (Fsp3) is 0.357. The zero-order valence-electron chi connectivity index (χ0n) is 10.4. The molecular weight excluding hydrogens is 215 g/mol. The minimum absolute atomic E-state index is 0.160. The Morgan fingerprint density at radius 2 is 2.00 bits per heavy atom. The summed E-state index contributed by atoms with van der Waals surface area (Å²) in [5.74, 6) is -0.232. The highest BCUT2D eigenvalue weighted by atomic mass is 19.1. The molecule has 1 aromatic heterocycles. The second kappa shape index (κ2) is 4.08. The first-order valence-corrected chi connectivity index (χ1v) is 5.71. The molecule has 2 aromatic rings. The van der Waals surface area contributed by atoms with Crippen molar-refractivity contribution in [1.82, 2.24) is 4.98 Å². The third-order valence-electron chi connectivity index (χ3n) is 3.12. The van der Waals surface area contributed by atoms with E-state index in [1.807, 2.05) is 13.0 Å². The number of pyridine rings is 1. The monoisotopic (exact) mass is 232 g/mol. The number of fused-ring (bicyclic) bond motifs is 1. The summed E-state index contributed by atoms with van der Waals surface area (Å²) in [7, 11) is 0. The lowest BCUT2D eigenvalue weighted by Crippen LogP contribution is -2.30. The van der Waals surface area contributed by atoms with E-state index in [9.17, 15) is 4.39 Å². The van der Waals surface area contributed by atoms with Crippen molar-refractivity contribution >= 4 is 10.9 Å². The van der Waals surface area contributed by atoms with E-state index in [0.717, 1.165) is 22.2 Å². The van der Waals surface area contributed by atoms with Crippen molar-refractivity contribution in [3.63, 3.8) is 0 Å². The molecule has 0 radical (unpaired) electrons. The number of rotatable bonds is 2. The number of aryl methyl sites for hydroxylation is 1. The lowest BCUT2D eigenvalue weighted by molar-refractivity contribution is 0.520. The van der Waals surface area contributed by atoms with Crippen molar-refractivity contribution < 1.29 is 4.39 Å². The molecule has 1 heterocycles. The average molecular weight is 232 g/mol. The predicted molar refractivity (Wildman–Crippen MR) is 68.5 cm³/mol. The Labute approximate surface area is 101 Å². The number of hydrogen-bond acceptors (Lipinski definition) is 2. The molecular formula is C14H17FN2. The van der Waals surface area contributed by atoms with Crippen LogP contribution in [0.15, 0.2) is 24.3 Å². The summed E-state index contributed by atoms with van der Waals surface area (Å²) < 4.78 is 13.1. The maximum Gasteiger partial charge on any atom is 0.123 e. The van der Waals surface area contributed by atoms with Crippen LogP contribution in [0.5, 0.6) is 0 Å². The van der Waals surface area contributed by atoms with Gasteiger partial charge in [-0.25, -0.2) is 4.39 Å². The fourth-order valence-electron chi connectivity index (χ4n) is 2.03. The Morgan fingerprint density at radius 3 is 2.65 bits per heavy atom. The maximum atomic E-state index is 13.1. The van der Waals surface area contributed by atoms with Gasteiger partial charge in [-0.3, -0.25) is 4.98 Å². The predicted octanol–water partition coefficient (Wildman–Crippen LogP) is 2.92. The molecule has 0 aliphatic heterocycles. The third kappa shape index (κ3) is 2.15. The van der Waals surface area contributed by atoms with Gasteiger partial charge in [0, 0.05) is 17.3 Å². The van der Waals surface area contributed by atoms with Gasteiger partial charge in [-0.05, 0) is 36.8 Å². The zero-order valence-corrected chi connectivity index (χ0v) is 10.4. The Hall–Kier alpha value is -1.48. The first kappa shape index (κ1) is 12.0. The summed E-state index contributed by atoms with van der Waals surface area (Å²) in [6.45, 7) is 6.66. The molecule has 0 aliphatic carbocycles.